The van der Waals surface area contributed by atoms with Crippen LogP contribution in [0.25, 0.3) is 0 Å². The van der Waals surface area contributed by atoms with Crippen molar-refractivity contribution >= 4 is 5.69 Å². The van der Waals surface area contributed by atoms with Crippen LogP contribution in [0.15, 0.2) is 42.5 Å². The predicted molar refractivity (Wildman–Crippen MR) is 69.8 cm³/mol. The Hall–Kier alpha value is -1.97. The van der Waals surface area contributed by atoms with Gasteiger partial charge in [0.1, 0.15) is 0 Å². The molecule has 0 atom stereocenters. The minimum atomic E-state index is -4.34. The van der Waals surface area contributed by atoms with Crippen LogP contribution < -0.4 is 5.73 Å². The van der Waals surface area contributed by atoms with Crippen LogP contribution >= 0.6 is 0 Å². The molecule has 0 aromatic heterocycles. The zero-order chi connectivity index (χ0) is 14.0. The normalized spacial score (nSPS) is 11.6. The number of rotatable bonds is 2. The Kier molecular flexibility index (Phi) is 3.51. The van der Waals surface area contributed by atoms with Gasteiger partial charge in [0.15, 0.2) is 0 Å². The van der Waals surface area contributed by atoms with Crippen LogP contribution in [0.3, 0.4) is 0 Å². The smallest absolute Gasteiger partial charge is 0.398 e. The van der Waals surface area contributed by atoms with Crippen molar-refractivity contribution in [2.75, 3.05) is 5.73 Å². The maximum Gasteiger partial charge on any atom is 0.416 e. The highest BCUT2D eigenvalue weighted by Crippen LogP contribution is 2.33. The molecule has 2 aromatic carbocycles. The van der Waals surface area contributed by atoms with Crippen molar-refractivity contribution in [1.82, 2.24) is 0 Å². The molecule has 0 aliphatic carbocycles. The molecule has 0 amide bonds. The number of nitrogen functional groups attached to an aromatic ring is 1. The summed E-state index contributed by atoms with van der Waals surface area (Å²) in [7, 11) is 0. The van der Waals surface area contributed by atoms with E-state index in [2.05, 4.69) is 0 Å². The molecular weight excluding hydrogens is 251 g/mol. The third kappa shape index (κ3) is 2.89. The second kappa shape index (κ2) is 4.96. The summed E-state index contributed by atoms with van der Waals surface area (Å²) in [6.07, 6.45) is -4.15. The summed E-state index contributed by atoms with van der Waals surface area (Å²) in [5.41, 5.74) is 7.70. The Balaban J connectivity index is 2.42. The Labute approximate surface area is 109 Å². The summed E-state index contributed by atoms with van der Waals surface area (Å²) in [4.78, 5) is 0. The lowest BCUT2D eigenvalue weighted by Crippen LogP contribution is -2.10. The monoisotopic (exact) mass is 265 g/mol. The van der Waals surface area contributed by atoms with Crippen LogP contribution in [0.5, 0.6) is 0 Å². The van der Waals surface area contributed by atoms with Gasteiger partial charge in [-0.15, -0.1) is 0 Å². The number of benzene rings is 2. The van der Waals surface area contributed by atoms with E-state index in [-0.39, 0.29) is 12.0 Å². The SMILES string of the molecule is Cc1cccc(Cc2ccccc2C(F)(F)F)c1N. The number of para-hydroxylation sites is 1. The van der Waals surface area contributed by atoms with Crippen molar-refractivity contribution in [2.24, 2.45) is 0 Å². The first-order valence-corrected chi connectivity index (χ1v) is 5.88. The van der Waals surface area contributed by atoms with Gasteiger partial charge in [-0.05, 0) is 29.7 Å². The first-order valence-electron chi connectivity index (χ1n) is 5.88. The molecule has 0 aliphatic heterocycles. The molecule has 19 heavy (non-hydrogen) atoms. The van der Waals surface area contributed by atoms with Crippen LogP contribution in [0.1, 0.15) is 22.3 Å². The number of halogens is 3. The molecule has 0 saturated carbocycles. The highest BCUT2D eigenvalue weighted by Gasteiger charge is 2.32. The molecule has 2 N–H and O–H groups in total. The molecule has 0 heterocycles. The van der Waals surface area contributed by atoms with Gasteiger partial charge in [0, 0.05) is 12.1 Å². The molecule has 0 aliphatic rings. The van der Waals surface area contributed by atoms with E-state index < -0.39 is 11.7 Å². The molecule has 0 bridgehead atoms. The van der Waals surface area contributed by atoms with Gasteiger partial charge < -0.3 is 5.73 Å². The fourth-order valence-corrected chi connectivity index (χ4v) is 2.05. The molecule has 0 spiro atoms. The first-order chi connectivity index (χ1) is 8.89. The van der Waals surface area contributed by atoms with E-state index in [4.69, 9.17) is 5.73 Å². The van der Waals surface area contributed by atoms with Gasteiger partial charge in [-0.1, -0.05) is 36.4 Å². The van der Waals surface area contributed by atoms with E-state index in [9.17, 15) is 13.2 Å². The van der Waals surface area contributed by atoms with Gasteiger partial charge >= 0.3 is 6.18 Å². The Morgan fingerprint density at radius 2 is 1.58 bits per heavy atom. The fourth-order valence-electron chi connectivity index (χ4n) is 2.05. The van der Waals surface area contributed by atoms with Gasteiger partial charge in [-0.2, -0.15) is 13.2 Å². The number of hydrogen-bond acceptors (Lipinski definition) is 1. The standard InChI is InChI=1S/C15H14F3N/c1-10-5-4-7-12(14(10)19)9-11-6-2-3-8-13(11)15(16,17)18/h2-8H,9,19H2,1H3. The third-order valence-corrected chi connectivity index (χ3v) is 3.12. The molecule has 100 valence electrons. The maximum absolute atomic E-state index is 12.9. The number of anilines is 1. The van der Waals surface area contributed by atoms with Crippen molar-refractivity contribution in [3.8, 4) is 0 Å². The number of aryl methyl sites for hydroxylation is 1. The van der Waals surface area contributed by atoms with Crippen molar-refractivity contribution in [2.45, 2.75) is 19.5 Å². The van der Waals surface area contributed by atoms with E-state index in [0.717, 1.165) is 17.2 Å². The number of alkyl halides is 3. The zero-order valence-electron chi connectivity index (χ0n) is 10.5. The lowest BCUT2D eigenvalue weighted by atomic mass is 9.97. The highest BCUT2D eigenvalue weighted by molar-refractivity contribution is 5.55. The summed E-state index contributed by atoms with van der Waals surface area (Å²) < 4.78 is 38.7. The molecule has 0 saturated heterocycles. The zero-order valence-corrected chi connectivity index (χ0v) is 10.5. The van der Waals surface area contributed by atoms with Crippen LogP contribution in [-0.4, -0.2) is 0 Å². The average molecular weight is 265 g/mol. The molecule has 2 rings (SSSR count). The molecule has 4 heteroatoms. The Morgan fingerprint density at radius 1 is 0.947 bits per heavy atom. The summed E-state index contributed by atoms with van der Waals surface area (Å²) in [6, 6.07) is 11.0. The van der Waals surface area contributed by atoms with Crippen LogP contribution in [-0.2, 0) is 12.6 Å². The second-order valence-electron chi connectivity index (χ2n) is 4.48. The Bertz CT molecular complexity index is 588. The van der Waals surface area contributed by atoms with Crippen LogP contribution in [0.4, 0.5) is 18.9 Å². The van der Waals surface area contributed by atoms with Gasteiger partial charge in [0.2, 0.25) is 0 Å². The first kappa shape index (κ1) is 13.5. The predicted octanol–water partition coefficient (Wildman–Crippen LogP) is 4.19. The molecule has 0 unspecified atom stereocenters. The van der Waals surface area contributed by atoms with E-state index in [1.807, 2.05) is 13.0 Å². The molecule has 2 aromatic rings. The summed E-state index contributed by atoms with van der Waals surface area (Å²) in [6.45, 7) is 1.84. The van der Waals surface area contributed by atoms with Gasteiger partial charge in [-0.3, -0.25) is 0 Å². The second-order valence-corrected chi connectivity index (χ2v) is 4.48. The van der Waals surface area contributed by atoms with Crippen molar-refractivity contribution in [3.63, 3.8) is 0 Å². The van der Waals surface area contributed by atoms with Crippen molar-refractivity contribution in [1.29, 1.82) is 0 Å². The fraction of sp³-hybridized carbons (Fsp3) is 0.200. The van der Waals surface area contributed by atoms with Crippen LogP contribution in [0.2, 0.25) is 0 Å². The Morgan fingerprint density at radius 3 is 2.26 bits per heavy atom. The molecule has 0 fully saturated rings. The highest BCUT2D eigenvalue weighted by atomic mass is 19.4. The topological polar surface area (TPSA) is 26.0 Å². The summed E-state index contributed by atoms with van der Waals surface area (Å²) >= 11 is 0. The van der Waals surface area contributed by atoms with E-state index in [0.29, 0.717) is 5.69 Å². The van der Waals surface area contributed by atoms with E-state index in [1.54, 1.807) is 18.2 Å². The lowest BCUT2D eigenvalue weighted by Gasteiger charge is -2.14. The average Bonchev–Trinajstić information content (AvgIpc) is 2.34. The number of hydrogen-bond donors (Lipinski definition) is 1. The van der Waals surface area contributed by atoms with Crippen LogP contribution in [0, 0.1) is 6.92 Å². The molecule has 1 nitrogen and oxygen atoms in total. The molecular formula is C15H14F3N. The largest absolute Gasteiger partial charge is 0.416 e. The van der Waals surface area contributed by atoms with Gasteiger partial charge in [0.25, 0.3) is 0 Å². The third-order valence-electron chi connectivity index (χ3n) is 3.12. The summed E-state index contributed by atoms with van der Waals surface area (Å²) in [5, 5.41) is 0. The minimum absolute atomic E-state index is 0.184. The van der Waals surface area contributed by atoms with Gasteiger partial charge in [-0.25, -0.2) is 0 Å². The van der Waals surface area contributed by atoms with Crippen molar-refractivity contribution < 1.29 is 13.2 Å². The van der Waals surface area contributed by atoms with Gasteiger partial charge in [0.05, 0.1) is 5.56 Å². The lowest BCUT2D eigenvalue weighted by molar-refractivity contribution is -0.138. The maximum atomic E-state index is 12.9. The van der Waals surface area contributed by atoms with E-state index in [1.165, 1.54) is 12.1 Å². The van der Waals surface area contributed by atoms with Crippen molar-refractivity contribution in [3.05, 3.63) is 64.7 Å². The summed E-state index contributed by atoms with van der Waals surface area (Å²) in [5.74, 6) is 0. The van der Waals surface area contributed by atoms with E-state index >= 15 is 0 Å². The quantitative estimate of drug-likeness (QED) is 0.810. The number of nitrogens with two attached hydrogens (primary N) is 1. The minimum Gasteiger partial charge on any atom is -0.398 e. The molecule has 0 radical (unpaired) electrons.